The number of rotatable bonds is 9. The normalized spacial score (nSPS) is 17.2. The number of nitrogens with zero attached hydrogens (tertiary/aromatic N) is 5. The largest absolute Gasteiger partial charge is 0.483 e. The van der Waals surface area contributed by atoms with Gasteiger partial charge in [-0.15, -0.1) is 0 Å². The first kappa shape index (κ1) is 30.2. The lowest BCUT2D eigenvalue weighted by atomic mass is 10.1. The number of unbranched alkanes of at least 4 members (excludes halogenated alkanes) is 1. The van der Waals surface area contributed by atoms with Gasteiger partial charge in [0, 0.05) is 65.5 Å². The van der Waals surface area contributed by atoms with E-state index in [-0.39, 0.29) is 24.3 Å². The van der Waals surface area contributed by atoms with Gasteiger partial charge in [-0.1, -0.05) is 32.0 Å². The summed E-state index contributed by atoms with van der Waals surface area (Å²) in [6, 6.07) is 7.26. The quantitative estimate of drug-likeness (QED) is 0.453. The maximum absolute atomic E-state index is 13.4. The summed E-state index contributed by atoms with van der Waals surface area (Å²) in [4.78, 5) is 48.5. The van der Waals surface area contributed by atoms with Gasteiger partial charge in [-0.05, 0) is 50.2 Å². The molecule has 9 nitrogen and oxygen atoms in total. The summed E-state index contributed by atoms with van der Waals surface area (Å²) < 4.78 is 7.92. The van der Waals surface area contributed by atoms with Crippen molar-refractivity contribution in [2.75, 3.05) is 40.8 Å². The maximum atomic E-state index is 13.4. The number of aromatic nitrogens is 2. The van der Waals surface area contributed by atoms with Crippen molar-refractivity contribution in [3.8, 4) is 5.75 Å². The molecule has 0 saturated carbocycles. The van der Waals surface area contributed by atoms with Crippen molar-refractivity contribution < 1.29 is 19.1 Å². The fourth-order valence-electron chi connectivity index (χ4n) is 5.01. The molecule has 39 heavy (non-hydrogen) atoms. The van der Waals surface area contributed by atoms with Gasteiger partial charge in [0.15, 0.2) is 6.61 Å². The molecule has 0 N–H and O–H groups in total. The molecule has 0 bridgehead atoms. The van der Waals surface area contributed by atoms with Gasteiger partial charge in [0.25, 0.3) is 5.91 Å². The number of hydrogen-bond donors (Lipinski definition) is 0. The predicted molar refractivity (Wildman–Crippen MR) is 151 cm³/mol. The number of carbonyl (C=O) groups excluding carboxylic acids is 3. The molecule has 0 spiro atoms. The number of carbonyl (C=O) groups is 3. The van der Waals surface area contributed by atoms with E-state index >= 15 is 0 Å². The third kappa shape index (κ3) is 8.57. The summed E-state index contributed by atoms with van der Waals surface area (Å²) in [5, 5.41) is 0. The Kier molecular flexibility index (Phi) is 11.4. The SMILES string of the molecule is CC(C)c1nccn1CCC(=O)N(C)CCCC[C@H]1C(=O)N(C)CCCCc2ccccc2OCC(=O)N1C. The number of hydrogen-bond acceptors (Lipinski definition) is 5. The molecule has 0 unspecified atom stereocenters. The summed E-state index contributed by atoms with van der Waals surface area (Å²) in [5.74, 6) is 1.84. The zero-order valence-electron chi connectivity index (χ0n) is 24.3. The van der Waals surface area contributed by atoms with Crippen LogP contribution in [0.5, 0.6) is 5.75 Å². The maximum Gasteiger partial charge on any atom is 0.260 e. The molecule has 9 heteroatoms. The molecule has 1 aromatic heterocycles. The van der Waals surface area contributed by atoms with E-state index in [1.807, 2.05) is 49.1 Å². The molecular weight excluding hydrogens is 494 g/mol. The average molecular weight is 540 g/mol. The minimum absolute atomic E-state index is 0.0478. The lowest BCUT2D eigenvalue weighted by Crippen LogP contribution is -2.49. The summed E-state index contributed by atoms with van der Waals surface area (Å²) in [5.41, 5.74) is 1.08. The highest BCUT2D eigenvalue weighted by Gasteiger charge is 2.29. The number of fused-ring (bicyclic) bond motifs is 1. The van der Waals surface area contributed by atoms with Crippen molar-refractivity contribution in [2.45, 2.75) is 77.3 Å². The Hall–Kier alpha value is -3.36. The minimum atomic E-state index is -0.557. The van der Waals surface area contributed by atoms with Crippen LogP contribution in [0, 0.1) is 0 Å². The smallest absolute Gasteiger partial charge is 0.260 e. The molecule has 1 aliphatic heterocycles. The number of likely N-dealkylation sites (N-methyl/N-ethyl adjacent to an activating group) is 2. The van der Waals surface area contributed by atoms with Crippen LogP contribution in [0.4, 0.5) is 0 Å². The van der Waals surface area contributed by atoms with Crippen LogP contribution in [0.15, 0.2) is 36.7 Å². The van der Waals surface area contributed by atoms with Crippen LogP contribution in [0.3, 0.4) is 0 Å². The lowest BCUT2D eigenvalue weighted by Gasteiger charge is -2.31. The van der Waals surface area contributed by atoms with Gasteiger partial charge in [-0.25, -0.2) is 4.98 Å². The van der Waals surface area contributed by atoms with Gasteiger partial charge >= 0.3 is 0 Å². The Balaban J connectivity index is 1.53. The van der Waals surface area contributed by atoms with Crippen LogP contribution < -0.4 is 4.74 Å². The lowest BCUT2D eigenvalue weighted by molar-refractivity contribution is -0.145. The van der Waals surface area contributed by atoms with Crippen LogP contribution >= 0.6 is 0 Å². The fraction of sp³-hybridized carbons (Fsp3) is 0.600. The standard InChI is InChI=1S/C30H45N5O4/c1-23(2)29-31-17-21-35(29)20-16-27(36)32(3)18-11-9-14-25-30(38)33(4)19-10-8-13-24-12-6-7-15-26(24)39-22-28(37)34(25)5/h6-7,12,15,17,21,23,25H,8-11,13-14,16,18-20,22H2,1-5H3/t25-/m0/s1. The molecule has 0 radical (unpaired) electrons. The van der Waals surface area contributed by atoms with E-state index in [2.05, 4.69) is 18.8 Å². The predicted octanol–water partition coefficient (Wildman–Crippen LogP) is 3.73. The first-order valence-electron chi connectivity index (χ1n) is 14.1. The number of benzene rings is 1. The van der Waals surface area contributed by atoms with Crippen molar-refractivity contribution in [3.63, 3.8) is 0 Å². The van der Waals surface area contributed by atoms with Gasteiger partial charge in [0.05, 0.1) is 0 Å². The first-order valence-corrected chi connectivity index (χ1v) is 14.1. The minimum Gasteiger partial charge on any atom is -0.483 e. The Bertz CT molecular complexity index is 1100. The molecule has 214 valence electrons. The van der Waals surface area contributed by atoms with Crippen LogP contribution in [-0.4, -0.2) is 88.9 Å². The van der Waals surface area contributed by atoms with Crippen molar-refractivity contribution in [1.82, 2.24) is 24.3 Å². The molecule has 2 aromatic rings. The second-order valence-electron chi connectivity index (χ2n) is 10.8. The number of amides is 3. The van der Waals surface area contributed by atoms with Crippen LogP contribution in [0.1, 0.15) is 69.7 Å². The van der Waals surface area contributed by atoms with Crippen LogP contribution in [-0.2, 0) is 27.3 Å². The van der Waals surface area contributed by atoms with E-state index in [9.17, 15) is 14.4 Å². The van der Waals surface area contributed by atoms with E-state index in [4.69, 9.17) is 4.74 Å². The molecule has 0 fully saturated rings. The molecule has 1 aliphatic rings. The third-order valence-corrected chi connectivity index (χ3v) is 7.51. The summed E-state index contributed by atoms with van der Waals surface area (Å²) in [6.45, 7) is 5.94. The highest BCUT2D eigenvalue weighted by Crippen LogP contribution is 2.21. The van der Waals surface area contributed by atoms with Crippen molar-refractivity contribution in [3.05, 3.63) is 48.0 Å². The number of ether oxygens (including phenoxy) is 1. The Morgan fingerprint density at radius 1 is 1.15 bits per heavy atom. The number of para-hydroxylation sites is 1. The number of aryl methyl sites for hydroxylation is 2. The highest BCUT2D eigenvalue weighted by atomic mass is 16.5. The molecule has 1 atom stereocenters. The van der Waals surface area contributed by atoms with Crippen molar-refractivity contribution >= 4 is 17.7 Å². The van der Waals surface area contributed by atoms with Gasteiger partial charge in [0.1, 0.15) is 17.6 Å². The van der Waals surface area contributed by atoms with Gasteiger partial charge in [-0.3, -0.25) is 14.4 Å². The summed E-state index contributed by atoms with van der Waals surface area (Å²) in [7, 11) is 5.32. The molecular formula is C30H45N5O4. The average Bonchev–Trinajstić information content (AvgIpc) is 3.41. The van der Waals surface area contributed by atoms with Gasteiger partial charge < -0.3 is 24.0 Å². The van der Waals surface area contributed by atoms with E-state index in [0.717, 1.165) is 49.2 Å². The van der Waals surface area contributed by atoms with Crippen molar-refractivity contribution in [1.29, 1.82) is 0 Å². The highest BCUT2D eigenvalue weighted by molar-refractivity contribution is 5.88. The zero-order chi connectivity index (χ0) is 28.4. The second-order valence-corrected chi connectivity index (χ2v) is 10.8. The van der Waals surface area contributed by atoms with E-state index in [1.54, 1.807) is 23.0 Å². The summed E-state index contributed by atoms with van der Waals surface area (Å²) >= 11 is 0. The van der Waals surface area contributed by atoms with Gasteiger partial charge in [-0.2, -0.15) is 0 Å². The van der Waals surface area contributed by atoms with E-state index < -0.39 is 6.04 Å². The molecule has 3 rings (SSSR count). The third-order valence-electron chi connectivity index (χ3n) is 7.51. The fourth-order valence-corrected chi connectivity index (χ4v) is 5.01. The van der Waals surface area contributed by atoms with Crippen molar-refractivity contribution in [2.24, 2.45) is 0 Å². The second kappa shape index (κ2) is 14.7. The van der Waals surface area contributed by atoms with Crippen LogP contribution in [0.2, 0.25) is 0 Å². The molecule has 0 saturated heterocycles. The van der Waals surface area contributed by atoms with Gasteiger partial charge in [0.2, 0.25) is 11.8 Å². The van der Waals surface area contributed by atoms with Crippen LogP contribution in [0.25, 0.3) is 0 Å². The molecule has 1 aromatic carbocycles. The number of imidazole rings is 1. The van der Waals surface area contributed by atoms with E-state index in [1.165, 1.54) is 4.90 Å². The van der Waals surface area contributed by atoms with E-state index in [0.29, 0.717) is 38.4 Å². The first-order chi connectivity index (χ1) is 18.7. The molecule has 3 amide bonds. The Morgan fingerprint density at radius 3 is 2.69 bits per heavy atom. The molecule has 0 aliphatic carbocycles. The Labute approximate surface area is 233 Å². The Morgan fingerprint density at radius 2 is 1.92 bits per heavy atom. The summed E-state index contributed by atoms with van der Waals surface area (Å²) in [6.07, 6.45) is 8.79. The zero-order valence-corrected chi connectivity index (χ0v) is 24.3. The monoisotopic (exact) mass is 539 g/mol. The topological polar surface area (TPSA) is 88.0 Å². The molecule has 2 heterocycles.